The summed E-state index contributed by atoms with van der Waals surface area (Å²) in [7, 11) is 3.32. The van der Waals surface area contributed by atoms with Crippen molar-refractivity contribution in [3.8, 4) is 28.9 Å². The second-order valence-corrected chi connectivity index (χ2v) is 7.16. The van der Waals surface area contributed by atoms with Crippen molar-refractivity contribution >= 4 is 17.7 Å². The van der Waals surface area contributed by atoms with Crippen molar-refractivity contribution in [1.29, 1.82) is 5.26 Å². The van der Waals surface area contributed by atoms with E-state index in [1.807, 2.05) is 59.2 Å². The van der Waals surface area contributed by atoms with Crippen molar-refractivity contribution in [3.63, 3.8) is 0 Å². The first-order chi connectivity index (χ1) is 14.1. The third-order valence-electron chi connectivity index (χ3n) is 4.29. The van der Waals surface area contributed by atoms with E-state index >= 15 is 0 Å². The quantitative estimate of drug-likeness (QED) is 0.532. The summed E-state index contributed by atoms with van der Waals surface area (Å²) in [5.74, 6) is 1.55. The van der Waals surface area contributed by atoms with Crippen molar-refractivity contribution in [2.24, 2.45) is 0 Å². The monoisotopic (exact) mass is 407 g/mol. The van der Waals surface area contributed by atoms with Crippen molar-refractivity contribution < 1.29 is 9.53 Å². The molecular weight excluding hydrogens is 386 g/mol. The number of benzene rings is 2. The molecule has 0 aliphatic heterocycles. The van der Waals surface area contributed by atoms with Gasteiger partial charge in [-0.05, 0) is 24.3 Å². The van der Waals surface area contributed by atoms with Crippen LogP contribution in [0, 0.1) is 11.3 Å². The number of para-hydroxylation sites is 1. The first kappa shape index (κ1) is 20.4. The predicted molar refractivity (Wildman–Crippen MR) is 112 cm³/mol. The van der Waals surface area contributed by atoms with E-state index in [4.69, 9.17) is 10.00 Å². The van der Waals surface area contributed by atoms with Crippen molar-refractivity contribution in [1.82, 2.24) is 19.7 Å². The first-order valence-electron chi connectivity index (χ1n) is 9.03. The van der Waals surface area contributed by atoms with Gasteiger partial charge in [-0.1, -0.05) is 42.1 Å². The highest BCUT2D eigenvalue weighted by Gasteiger charge is 2.18. The van der Waals surface area contributed by atoms with Gasteiger partial charge < -0.3 is 9.64 Å². The smallest absolute Gasteiger partial charge is 0.232 e. The van der Waals surface area contributed by atoms with Gasteiger partial charge in [0.25, 0.3) is 0 Å². The second-order valence-electron chi connectivity index (χ2n) is 6.22. The Morgan fingerprint density at radius 1 is 1.21 bits per heavy atom. The van der Waals surface area contributed by atoms with E-state index < -0.39 is 0 Å². The fraction of sp³-hybridized carbons (Fsp3) is 0.238. The maximum atomic E-state index is 12.4. The average molecular weight is 407 g/mol. The van der Waals surface area contributed by atoms with Crippen LogP contribution in [0.5, 0.6) is 5.75 Å². The van der Waals surface area contributed by atoms with E-state index in [0.717, 1.165) is 17.0 Å². The minimum atomic E-state index is -0.0595. The predicted octanol–water partition coefficient (Wildman–Crippen LogP) is 3.41. The molecule has 2 aromatic carbocycles. The fourth-order valence-electron chi connectivity index (χ4n) is 2.70. The van der Waals surface area contributed by atoms with Crippen molar-refractivity contribution in [2.75, 3.05) is 26.5 Å². The highest BCUT2D eigenvalue weighted by Crippen LogP contribution is 2.29. The molecule has 3 rings (SSSR count). The molecule has 8 heteroatoms. The molecule has 0 bridgehead atoms. The number of ether oxygens (including phenoxy) is 1. The highest BCUT2D eigenvalue weighted by atomic mass is 32.2. The summed E-state index contributed by atoms with van der Waals surface area (Å²) in [5, 5.41) is 18.0. The van der Waals surface area contributed by atoms with Crippen LogP contribution in [-0.4, -0.2) is 52.0 Å². The van der Waals surface area contributed by atoms with Crippen molar-refractivity contribution in [3.05, 3.63) is 54.6 Å². The molecule has 0 radical (unpaired) electrons. The third-order valence-corrected chi connectivity index (χ3v) is 5.20. The van der Waals surface area contributed by atoms with Crippen LogP contribution in [0.1, 0.15) is 6.42 Å². The number of nitriles is 1. The van der Waals surface area contributed by atoms with Crippen molar-refractivity contribution in [2.45, 2.75) is 11.6 Å². The van der Waals surface area contributed by atoms with Crippen LogP contribution < -0.4 is 4.74 Å². The number of hydrogen-bond donors (Lipinski definition) is 0. The number of thioether (sulfide) groups is 1. The van der Waals surface area contributed by atoms with Crippen LogP contribution in [0.15, 0.2) is 59.8 Å². The van der Waals surface area contributed by atoms with Gasteiger partial charge in [0, 0.05) is 24.8 Å². The zero-order valence-corrected chi connectivity index (χ0v) is 17.1. The van der Waals surface area contributed by atoms with Gasteiger partial charge in [-0.15, -0.1) is 10.2 Å². The Labute approximate surface area is 173 Å². The molecule has 0 unspecified atom stereocenters. The Hall–Kier alpha value is -3.31. The van der Waals surface area contributed by atoms with Gasteiger partial charge in [-0.3, -0.25) is 9.36 Å². The summed E-state index contributed by atoms with van der Waals surface area (Å²) in [6.45, 7) is 0.413. The SMILES string of the molecule is COc1cccc(-c2nnc(SCC(=O)N(C)CCC#N)n2-c2ccccc2)c1. The molecule has 1 aromatic heterocycles. The number of amides is 1. The number of hydrogen-bond acceptors (Lipinski definition) is 6. The summed E-state index contributed by atoms with van der Waals surface area (Å²) in [5.41, 5.74) is 1.77. The number of rotatable bonds is 8. The molecule has 0 spiro atoms. The normalized spacial score (nSPS) is 10.4. The largest absolute Gasteiger partial charge is 0.497 e. The van der Waals surface area contributed by atoms with Crippen LogP contribution >= 0.6 is 11.8 Å². The van der Waals surface area contributed by atoms with E-state index in [1.54, 1.807) is 19.1 Å². The lowest BCUT2D eigenvalue weighted by atomic mass is 10.2. The molecule has 148 valence electrons. The average Bonchev–Trinajstić information content (AvgIpc) is 3.20. The molecule has 0 aliphatic rings. The van der Waals surface area contributed by atoms with Crippen LogP contribution in [0.25, 0.3) is 17.1 Å². The lowest BCUT2D eigenvalue weighted by Gasteiger charge is -2.15. The summed E-state index contributed by atoms with van der Waals surface area (Å²) in [4.78, 5) is 13.9. The maximum Gasteiger partial charge on any atom is 0.232 e. The zero-order valence-electron chi connectivity index (χ0n) is 16.3. The Bertz CT molecular complexity index is 1010. The van der Waals surface area contributed by atoms with Gasteiger partial charge >= 0.3 is 0 Å². The molecule has 1 amide bonds. The lowest BCUT2D eigenvalue weighted by Crippen LogP contribution is -2.29. The van der Waals surface area contributed by atoms with E-state index in [0.29, 0.717) is 23.9 Å². The zero-order chi connectivity index (χ0) is 20.6. The van der Waals surface area contributed by atoms with Crippen LogP contribution in [-0.2, 0) is 4.79 Å². The molecule has 29 heavy (non-hydrogen) atoms. The molecular formula is C21H21N5O2S. The molecule has 1 heterocycles. The molecule has 0 fully saturated rings. The van der Waals surface area contributed by atoms with Gasteiger partial charge in [0.2, 0.25) is 5.91 Å². The van der Waals surface area contributed by atoms with Gasteiger partial charge in [0.15, 0.2) is 11.0 Å². The summed E-state index contributed by atoms with van der Waals surface area (Å²) in [6, 6.07) is 19.4. The Morgan fingerprint density at radius 3 is 2.72 bits per heavy atom. The van der Waals surface area contributed by atoms with Crippen LogP contribution in [0.3, 0.4) is 0 Å². The summed E-state index contributed by atoms with van der Waals surface area (Å²) >= 11 is 1.32. The molecule has 0 aliphatic carbocycles. The second kappa shape index (κ2) is 9.75. The first-order valence-corrected chi connectivity index (χ1v) is 10.0. The van der Waals surface area contributed by atoms with E-state index in [-0.39, 0.29) is 11.7 Å². The van der Waals surface area contributed by atoms with E-state index in [2.05, 4.69) is 16.3 Å². The van der Waals surface area contributed by atoms with Gasteiger partial charge in [0.1, 0.15) is 5.75 Å². The Kier molecular flexibility index (Phi) is 6.87. The molecule has 0 N–H and O–H groups in total. The summed E-state index contributed by atoms with van der Waals surface area (Å²) in [6.07, 6.45) is 0.313. The standard InChI is InChI=1S/C21H21N5O2S/c1-25(13-7-12-22)19(27)15-29-21-24-23-20(16-8-6-11-18(14-16)28-2)26(21)17-9-4-3-5-10-17/h3-6,8-11,14H,7,13,15H2,1-2H3. The van der Waals surface area contributed by atoms with Gasteiger partial charge in [-0.2, -0.15) is 5.26 Å². The molecule has 7 nitrogen and oxygen atoms in total. The van der Waals surface area contributed by atoms with Gasteiger partial charge in [0.05, 0.1) is 25.4 Å². The van der Waals surface area contributed by atoms with E-state index in [1.165, 1.54) is 11.8 Å². The Morgan fingerprint density at radius 2 is 2.00 bits per heavy atom. The number of nitrogens with zero attached hydrogens (tertiary/aromatic N) is 5. The topological polar surface area (TPSA) is 84.0 Å². The summed E-state index contributed by atoms with van der Waals surface area (Å²) < 4.78 is 7.26. The highest BCUT2D eigenvalue weighted by molar-refractivity contribution is 7.99. The number of carbonyl (C=O) groups is 1. The maximum absolute atomic E-state index is 12.4. The Balaban J connectivity index is 1.91. The fourth-order valence-corrected chi connectivity index (χ4v) is 3.59. The number of aromatic nitrogens is 3. The molecule has 0 saturated carbocycles. The minimum absolute atomic E-state index is 0.0595. The minimum Gasteiger partial charge on any atom is -0.497 e. The third kappa shape index (κ3) is 4.95. The lowest BCUT2D eigenvalue weighted by molar-refractivity contribution is -0.127. The molecule has 3 aromatic rings. The molecule has 0 saturated heterocycles. The van der Waals surface area contributed by atoms with Gasteiger partial charge in [-0.25, -0.2) is 0 Å². The van der Waals surface area contributed by atoms with Crippen LogP contribution in [0.4, 0.5) is 0 Å². The number of carbonyl (C=O) groups excluding carboxylic acids is 1. The number of methoxy groups -OCH3 is 1. The van der Waals surface area contributed by atoms with E-state index in [9.17, 15) is 4.79 Å². The molecule has 0 atom stereocenters. The van der Waals surface area contributed by atoms with Crippen LogP contribution in [0.2, 0.25) is 0 Å².